The van der Waals surface area contributed by atoms with Crippen LogP contribution in [-0.2, 0) is 12.8 Å². The molecule has 3 heterocycles. The van der Waals surface area contributed by atoms with Crippen molar-refractivity contribution in [3.05, 3.63) is 35.2 Å². The van der Waals surface area contributed by atoms with Crippen LogP contribution in [-0.4, -0.2) is 39.5 Å². The maximum Gasteiger partial charge on any atom is 0.169 e. The summed E-state index contributed by atoms with van der Waals surface area (Å²) >= 11 is 0. The van der Waals surface area contributed by atoms with Gasteiger partial charge in [0.2, 0.25) is 0 Å². The molecule has 2 aromatic rings. The van der Waals surface area contributed by atoms with Crippen molar-refractivity contribution in [2.75, 3.05) is 23.3 Å². The normalized spacial score (nSPS) is 15.0. The van der Waals surface area contributed by atoms with E-state index in [4.69, 9.17) is 0 Å². The topological polar surface area (TPSA) is 90.6 Å². The summed E-state index contributed by atoms with van der Waals surface area (Å²) in [6.07, 6.45) is 5.19. The molecule has 7 heteroatoms. The molecule has 0 saturated carbocycles. The number of piperidine rings is 1. The van der Waals surface area contributed by atoms with Crippen molar-refractivity contribution in [2.45, 2.75) is 45.6 Å². The molecule has 3 rings (SSSR count). The average Bonchev–Trinajstić information content (AvgIpc) is 2.68. The molecule has 0 atom stereocenters. The highest BCUT2D eigenvalue weighted by molar-refractivity contribution is 5.58. The van der Waals surface area contributed by atoms with Gasteiger partial charge >= 0.3 is 0 Å². The lowest BCUT2D eigenvalue weighted by Gasteiger charge is -2.33. The Balaban J connectivity index is 1.72. The molecule has 1 aliphatic heterocycles. The highest BCUT2D eigenvalue weighted by Gasteiger charge is 2.24. The first-order valence-electron chi connectivity index (χ1n) is 8.84. The number of hydrogen-bond donors (Lipinski definition) is 1. The Labute approximate surface area is 148 Å². The second-order valence-electron chi connectivity index (χ2n) is 6.16. The summed E-state index contributed by atoms with van der Waals surface area (Å²) in [5.41, 5.74) is 2.66. The van der Waals surface area contributed by atoms with Gasteiger partial charge in [-0.3, -0.25) is 0 Å². The number of nitriles is 1. The third-order valence-corrected chi connectivity index (χ3v) is 4.66. The van der Waals surface area contributed by atoms with Crippen LogP contribution in [0.4, 0.5) is 11.6 Å². The van der Waals surface area contributed by atoms with Crippen molar-refractivity contribution in [2.24, 2.45) is 0 Å². The molecule has 7 nitrogen and oxygen atoms in total. The predicted molar refractivity (Wildman–Crippen MR) is 96.4 cm³/mol. The van der Waals surface area contributed by atoms with Crippen LogP contribution in [0.1, 0.15) is 43.5 Å². The zero-order valence-electron chi connectivity index (χ0n) is 14.7. The number of nitrogens with zero attached hydrogens (tertiary/aromatic N) is 6. The highest BCUT2D eigenvalue weighted by atomic mass is 15.3. The van der Waals surface area contributed by atoms with Crippen LogP contribution >= 0.6 is 0 Å². The van der Waals surface area contributed by atoms with Gasteiger partial charge in [-0.1, -0.05) is 13.8 Å². The molecular formula is C18H23N7. The maximum atomic E-state index is 9.66. The molecule has 1 N–H and O–H groups in total. The van der Waals surface area contributed by atoms with Crippen LogP contribution < -0.4 is 10.2 Å². The first-order chi connectivity index (χ1) is 12.3. The lowest BCUT2D eigenvalue weighted by molar-refractivity contribution is 0.519. The van der Waals surface area contributed by atoms with Gasteiger partial charge in [-0.2, -0.15) is 15.5 Å². The van der Waals surface area contributed by atoms with Gasteiger partial charge in [0.25, 0.3) is 0 Å². The number of aryl methyl sites for hydroxylation is 1. The van der Waals surface area contributed by atoms with Crippen molar-refractivity contribution in [3.63, 3.8) is 0 Å². The first kappa shape index (κ1) is 17.1. The first-order valence-corrected chi connectivity index (χ1v) is 8.84. The second kappa shape index (κ2) is 7.88. The van der Waals surface area contributed by atoms with Gasteiger partial charge in [-0.15, -0.1) is 10.2 Å². The predicted octanol–water partition coefficient (Wildman–Crippen LogP) is 2.34. The van der Waals surface area contributed by atoms with E-state index in [0.29, 0.717) is 11.6 Å². The maximum absolute atomic E-state index is 9.66. The fourth-order valence-corrected chi connectivity index (χ4v) is 3.32. The van der Waals surface area contributed by atoms with E-state index in [2.05, 4.69) is 43.6 Å². The van der Waals surface area contributed by atoms with Gasteiger partial charge in [0.1, 0.15) is 17.5 Å². The van der Waals surface area contributed by atoms with Crippen LogP contribution in [0.5, 0.6) is 0 Å². The SMILES string of the molecule is CCc1nnc(N2CCC(Nc3cccnn3)CC2)c(C#N)c1CC. The molecule has 0 aromatic carbocycles. The van der Waals surface area contributed by atoms with Crippen molar-refractivity contribution < 1.29 is 0 Å². The number of anilines is 2. The van der Waals surface area contributed by atoms with Crippen molar-refractivity contribution in [1.82, 2.24) is 20.4 Å². The minimum atomic E-state index is 0.354. The molecule has 25 heavy (non-hydrogen) atoms. The van der Waals surface area contributed by atoms with Crippen molar-refractivity contribution >= 4 is 11.6 Å². The summed E-state index contributed by atoms with van der Waals surface area (Å²) < 4.78 is 0. The minimum Gasteiger partial charge on any atom is -0.366 e. The van der Waals surface area contributed by atoms with Gasteiger partial charge in [0, 0.05) is 25.3 Å². The average molecular weight is 337 g/mol. The Hall–Kier alpha value is -2.75. The van der Waals surface area contributed by atoms with Crippen LogP contribution in [0.25, 0.3) is 0 Å². The Morgan fingerprint density at radius 1 is 1.20 bits per heavy atom. The molecule has 0 aliphatic carbocycles. The van der Waals surface area contributed by atoms with E-state index in [1.807, 2.05) is 19.1 Å². The number of nitrogens with one attached hydrogen (secondary N) is 1. The second-order valence-corrected chi connectivity index (χ2v) is 6.16. The van der Waals surface area contributed by atoms with Gasteiger partial charge in [-0.05, 0) is 43.4 Å². The number of rotatable bonds is 5. The zero-order chi connectivity index (χ0) is 17.6. The number of hydrogen-bond acceptors (Lipinski definition) is 7. The molecule has 2 aromatic heterocycles. The standard InChI is InChI=1S/C18H23N7/c1-3-14-15(12-19)18(24-22-16(14)4-2)25-10-7-13(8-11-25)21-17-6-5-9-20-23-17/h5-6,9,13H,3-4,7-8,10-11H2,1-2H3,(H,21,23). The molecular weight excluding hydrogens is 314 g/mol. The van der Waals surface area contributed by atoms with E-state index in [9.17, 15) is 5.26 Å². The van der Waals surface area contributed by atoms with E-state index >= 15 is 0 Å². The molecule has 0 spiro atoms. The lowest BCUT2D eigenvalue weighted by atomic mass is 10.0. The van der Waals surface area contributed by atoms with E-state index < -0.39 is 0 Å². The van der Waals surface area contributed by atoms with Gasteiger partial charge < -0.3 is 10.2 Å². The van der Waals surface area contributed by atoms with Gasteiger partial charge in [0.05, 0.1) is 5.69 Å². The van der Waals surface area contributed by atoms with Crippen LogP contribution in [0, 0.1) is 11.3 Å². The molecule has 0 unspecified atom stereocenters. The molecule has 0 radical (unpaired) electrons. The Bertz CT molecular complexity index is 746. The van der Waals surface area contributed by atoms with Crippen molar-refractivity contribution in [3.8, 4) is 6.07 Å². The van der Waals surface area contributed by atoms with Crippen LogP contribution in [0.3, 0.4) is 0 Å². The van der Waals surface area contributed by atoms with E-state index in [1.54, 1.807) is 6.20 Å². The summed E-state index contributed by atoms with van der Waals surface area (Å²) in [6, 6.07) is 6.52. The summed E-state index contributed by atoms with van der Waals surface area (Å²) in [4.78, 5) is 2.18. The third kappa shape index (κ3) is 3.68. The van der Waals surface area contributed by atoms with Crippen LogP contribution in [0.2, 0.25) is 0 Å². The third-order valence-electron chi connectivity index (χ3n) is 4.66. The van der Waals surface area contributed by atoms with Gasteiger partial charge in [-0.25, -0.2) is 0 Å². The largest absolute Gasteiger partial charge is 0.366 e. The number of aromatic nitrogens is 4. The molecule has 130 valence electrons. The van der Waals surface area contributed by atoms with E-state index in [1.165, 1.54) is 0 Å². The molecule has 0 amide bonds. The highest BCUT2D eigenvalue weighted by Crippen LogP contribution is 2.26. The Kier molecular flexibility index (Phi) is 5.39. The van der Waals surface area contributed by atoms with E-state index in [0.717, 1.165) is 61.7 Å². The lowest BCUT2D eigenvalue weighted by Crippen LogP contribution is -2.40. The molecule has 1 saturated heterocycles. The van der Waals surface area contributed by atoms with Crippen LogP contribution in [0.15, 0.2) is 18.3 Å². The fourth-order valence-electron chi connectivity index (χ4n) is 3.32. The smallest absolute Gasteiger partial charge is 0.169 e. The summed E-state index contributed by atoms with van der Waals surface area (Å²) in [7, 11) is 0. The molecule has 1 aliphatic rings. The summed E-state index contributed by atoms with van der Waals surface area (Å²) in [5, 5.41) is 29.8. The van der Waals surface area contributed by atoms with E-state index in [-0.39, 0.29) is 0 Å². The van der Waals surface area contributed by atoms with Gasteiger partial charge in [0.15, 0.2) is 5.82 Å². The minimum absolute atomic E-state index is 0.354. The van der Waals surface area contributed by atoms with Crippen molar-refractivity contribution in [1.29, 1.82) is 5.26 Å². The Morgan fingerprint density at radius 3 is 2.60 bits per heavy atom. The monoisotopic (exact) mass is 337 g/mol. The quantitative estimate of drug-likeness (QED) is 0.895. The molecule has 0 bridgehead atoms. The zero-order valence-corrected chi connectivity index (χ0v) is 14.7. The fraction of sp³-hybridized carbons (Fsp3) is 0.500. The summed E-state index contributed by atoms with van der Waals surface area (Å²) in [5.74, 6) is 1.54. The summed E-state index contributed by atoms with van der Waals surface area (Å²) in [6.45, 7) is 5.80. The Morgan fingerprint density at radius 2 is 2.00 bits per heavy atom. The molecule has 1 fully saturated rings.